The highest BCUT2D eigenvalue weighted by Gasteiger charge is 2.11. The third-order valence-corrected chi connectivity index (χ3v) is 3.44. The van der Waals surface area contributed by atoms with Gasteiger partial charge in [0.05, 0.1) is 6.61 Å². The SMILES string of the molecule is NCc1ccc(CNc2ccc3c(c2)CCO3)cc1. The van der Waals surface area contributed by atoms with Gasteiger partial charge < -0.3 is 15.8 Å². The number of anilines is 1. The minimum absolute atomic E-state index is 0.596. The number of hydrogen-bond donors (Lipinski definition) is 2. The Kier molecular flexibility index (Phi) is 3.38. The second kappa shape index (κ2) is 5.33. The van der Waals surface area contributed by atoms with Gasteiger partial charge in [-0.3, -0.25) is 0 Å². The average Bonchev–Trinajstić information content (AvgIpc) is 2.93. The van der Waals surface area contributed by atoms with Crippen LogP contribution in [0.2, 0.25) is 0 Å². The highest BCUT2D eigenvalue weighted by atomic mass is 16.5. The predicted octanol–water partition coefficient (Wildman–Crippen LogP) is 2.69. The van der Waals surface area contributed by atoms with Crippen LogP contribution >= 0.6 is 0 Å². The summed E-state index contributed by atoms with van der Waals surface area (Å²) in [7, 11) is 0. The molecule has 0 saturated heterocycles. The molecule has 0 aliphatic carbocycles. The van der Waals surface area contributed by atoms with Gasteiger partial charge in [0.25, 0.3) is 0 Å². The first-order chi connectivity index (χ1) is 9.35. The molecule has 2 aromatic carbocycles. The molecule has 0 bridgehead atoms. The lowest BCUT2D eigenvalue weighted by molar-refractivity contribution is 0.357. The van der Waals surface area contributed by atoms with Gasteiger partial charge >= 0.3 is 0 Å². The van der Waals surface area contributed by atoms with E-state index in [0.717, 1.165) is 31.0 Å². The molecule has 3 nitrogen and oxygen atoms in total. The largest absolute Gasteiger partial charge is 0.493 e. The van der Waals surface area contributed by atoms with E-state index in [2.05, 4.69) is 41.7 Å². The monoisotopic (exact) mass is 254 g/mol. The lowest BCUT2D eigenvalue weighted by Crippen LogP contribution is -2.01. The number of benzene rings is 2. The molecule has 1 aliphatic rings. The Morgan fingerprint density at radius 3 is 2.63 bits per heavy atom. The van der Waals surface area contributed by atoms with Gasteiger partial charge in [-0.15, -0.1) is 0 Å². The van der Waals surface area contributed by atoms with E-state index in [4.69, 9.17) is 10.5 Å². The molecule has 0 saturated carbocycles. The molecule has 0 aromatic heterocycles. The van der Waals surface area contributed by atoms with Gasteiger partial charge in [-0.05, 0) is 34.9 Å². The van der Waals surface area contributed by atoms with Gasteiger partial charge in [0, 0.05) is 25.2 Å². The van der Waals surface area contributed by atoms with Crippen LogP contribution in [-0.2, 0) is 19.5 Å². The van der Waals surface area contributed by atoms with Crippen molar-refractivity contribution >= 4 is 5.69 Å². The van der Waals surface area contributed by atoms with Crippen LogP contribution in [0.4, 0.5) is 5.69 Å². The van der Waals surface area contributed by atoms with Crippen LogP contribution in [0, 0.1) is 0 Å². The van der Waals surface area contributed by atoms with Gasteiger partial charge in [0.15, 0.2) is 0 Å². The molecule has 3 rings (SSSR count). The first-order valence-corrected chi connectivity index (χ1v) is 6.62. The summed E-state index contributed by atoms with van der Waals surface area (Å²) in [5, 5.41) is 3.44. The Bertz CT molecular complexity index is 563. The van der Waals surface area contributed by atoms with Crippen molar-refractivity contribution in [3.05, 3.63) is 59.2 Å². The molecule has 0 atom stereocenters. The molecule has 1 heterocycles. The van der Waals surface area contributed by atoms with Crippen LogP contribution in [0.5, 0.6) is 5.75 Å². The number of rotatable bonds is 4. The smallest absolute Gasteiger partial charge is 0.122 e. The Hall–Kier alpha value is -2.00. The van der Waals surface area contributed by atoms with Crippen molar-refractivity contribution in [2.75, 3.05) is 11.9 Å². The zero-order valence-corrected chi connectivity index (χ0v) is 10.9. The highest BCUT2D eigenvalue weighted by molar-refractivity contribution is 5.52. The molecule has 0 unspecified atom stereocenters. The molecule has 0 spiro atoms. The number of hydrogen-bond acceptors (Lipinski definition) is 3. The van der Waals surface area contributed by atoms with Crippen LogP contribution in [0.3, 0.4) is 0 Å². The first-order valence-electron chi connectivity index (χ1n) is 6.62. The number of ether oxygens (including phenoxy) is 1. The fourth-order valence-corrected chi connectivity index (χ4v) is 2.29. The Morgan fingerprint density at radius 1 is 1.05 bits per heavy atom. The fourth-order valence-electron chi connectivity index (χ4n) is 2.29. The van der Waals surface area contributed by atoms with E-state index in [9.17, 15) is 0 Å². The summed E-state index contributed by atoms with van der Waals surface area (Å²) >= 11 is 0. The number of nitrogens with two attached hydrogens (primary N) is 1. The summed E-state index contributed by atoms with van der Waals surface area (Å²) < 4.78 is 5.50. The van der Waals surface area contributed by atoms with E-state index in [1.54, 1.807) is 0 Å². The Balaban J connectivity index is 1.65. The Morgan fingerprint density at radius 2 is 1.84 bits per heavy atom. The molecule has 0 amide bonds. The summed E-state index contributed by atoms with van der Waals surface area (Å²) in [5.41, 5.74) is 10.5. The van der Waals surface area contributed by atoms with E-state index in [1.165, 1.54) is 16.7 Å². The minimum atomic E-state index is 0.596. The second-order valence-electron chi connectivity index (χ2n) is 4.80. The van der Waals surface area contributed by atoms with Gasteiger partial charge in [0.1, 0.15) is 5.75 Å². The summed E-state index contributed by atoms with van der Waals surface area (Å²) in [4.78, 5) is 0. The molecule has 19 heavy (non-hydrogen) atoms. The maximum atomic E-state index is 5.59. The maximum absolute atomic E-state index is 5.59. The zero-order chi connectivity index (χ0) is 13.1. The van der Waals surface area contributed by atoms with Crippen LogP contribution in [-0.4, -0.2) is 6.61 Å². The van der Waals surface area contributed by atoms with E-state index in [0.29, 0.717) is 6.54 Å². The molecule has 3 N–H and O–H groups in total. The normalized spacial score (nSPS) is 12.9. The topological polar surface area (TPSA) is 47.3 Å². The predicted molar refractivity (Wildman–Crippen MR) is 77.3 cm³/mol. The van der Waals surface area contributed by atoms with Crippen molar-refractivity contribution in [2.24, 2.45) is 5.73 Å². The summed E-state index contributed by atoms with van der Waals surface area (Å²) in [6.45, 7) is 2.22. The van der Waals surface area contributed by atoms with Crippen LogP contribution in [0.15, 0.2) is 42.5 Å². The lowest BCUT2D eigenvalue weighted by atomic mass is 10.1. The molecule has 3 heteroatoms. The van der Waals surface area contributed by atoms with Gasteiger partial charge in [-0.2, -0.15) is 0 Å². The zero-order valence-electron chi connectivity index (χ0n) is 10.9. The average molecular weight is 254 g/mol. The fraction of sp³-hybridized carbons (Fsp3) is 0.250. The standard InChI is InChI=1S/C16H18N2O/c17-10-12-1-3-13(4-2-12)11-18-15-5-6-16-14(9-15)7-8-19-16/h1-6,9,18H,7-8,10-11,17H2. The van der Waals surface area contributed by atoms with Gasteiger partial charge in [0.2, 0.25) is 0 Å². The quantitative estimate of drug-likeness (QED) is 0.882. The van der Waals surface area contributed by atoms with Crippen molar-refractivity contribution in [1.29, 1.82) is 0 Å². The van der Waals surface area contributed by atoms with Crippen LogP contribution in [0.1, 0.15) is 16.7 Å². The molecule has 2 aromatic rings. The lowest BCUT2D eigenvalue weighted by Gasteiger charge is -2.08. The van der Waals surface area contributed by atoms with Gasteiger partial charge in [-0.25, -0.2) is 0 Å². The molecular weight excluding hydrogens is 236 g/mol. The first kappa shape index (κ1) is 12.1. The summed E-state index contributed by atoms with van der Waals surface area (Å²) in [6, 6.07) is 14.7. The molecule has 1 aliphatic heterocycles. The van der Waals surface area contributed by atoms with Crippen molar-refractivity contribution in [3.63, 3.8) is 0 Å². The molecular formula is C16H18N2O. The van der Waals surface area contributed by atoms with Crippen LogP contribution < -0.4 is 15.8 Å². The van der Waals surface area contributed by atoms with Gasteiger partial charge in [-0.1, -0.05) is 24.3 Å². The van der Waals surface area contributed by atoms with Crippen molar-refractivity contribution in [3.8, 4) is 5.75 Å². The highest BCUT2D eigenvalue weighted by Crippen LogP contribution is 2.27. The number of fused-ring (bicyclic) bond motifs is 1. The summed E-state index contributed by atoms with van der Waals surface area (Å²) in [5.74, 6) is 1.03. The van der Waals surface area contributed by atoms with E-state index < -0.39 is 0 Å². The molecule has 0 radical (unpaired) electrons. The third kappa shape index (κ3) is 2.71. The van der Waals surface area contributed by atoms with E-state index in [-0.39, 0.29) is 0 Å². The number of nitrogens with one attached hydrogen (secondary N) is 1. The van der Waals surface area contributed by atoms with Crippen molar-refractivity contribution in [2.45, 2.75) is 19.5 Å². The summed E-state index contributed by atoms with van der Waals surface area (Å²) in [6.07, 6.45) is 1.01. The maximum Gasteiger partial charge on any atom is 0.122 e. The van der Waals surface area contributed by atoms with Crippen LogP contribution in [0.25, 0.3) is 0 Å². The molecule has 98 valence electrons. The molecule has 0 fully saturated rings. The second-order valence-corrected chi connectivity index (χ2v) is 4.80. The Labute approximate surface area is 113 Å². The van der Waals surface area contributed by atoms with Crippen molar-refractivity contribution < 1.29 is 4.74 Å². The minimum Gasteiger partial charge on any atom is -0.493 e. The third-order valence-electron chi connectivity index (χ3n) is 3.44. The van der Waals surface area contributed by atoms with E-state index >= 15 is 0 Å². The van der Waals surface area contributed by atoms with E-state index in [1.807, 2.05) is 6.07 Å². The van der Waals surface area contributed by atoms with Crippen molar-refractivity contribution in [1.82, 2.24) is 0 Å².